The lowest BCUT2D eigenvalue weighted by molar-refractivity contribution is -0.140. The van der Waals surface area contributed by atoms with Crippen LogP contribution in [0.1, 0.15) is 19.7 Å². The van der Waals surface area contributed by atoms with Crippen LogP contribution in [0.4, 0.5) is 0 Å². The van der Waals surface area contributed by atoms with Gasteiger partial charge in [0.1, 0.15) is 5.82 Å². The summed E-state index contributed by atoms with van der Waals surface area (Å²) in [6, 6.07) is 0. The van der Waals surface area contributed by atoms with E-state index in [4.69, 9.17) is 5.11 Å². The largest absolute Gasteiger partial charge is 0.481 e. The summed E-state index contributed by atoms with van der Waals surface area (Å²) in [6.07, 6.45) is 4.20. The van der Waals surface area contributed by atoms with Gasteiger partial charge in [-0.25, -0.2) is 4.98 Å². The van der Waals surface area contributed by atoms with Crippen LogP contribution in [0.2, 0.25) is 0 Å². The maximum absolute atomic E-state index is 11.9. The molecule has 1 aromatic rings. The predicted molar refractivity (Wildman–Crippen MR) is 68.3 cm³/mol. The van der Waals surface area contributed by atoms with E-state index in [1.165, 1.54) is 0 Å². The van der Waals surface area contributed by atoms with Gasteiger partial charge in [-0.15, -0.1) is 0 Å². The molecule has 1 aromatic heterocycles. The van der Waals surface area contributed by atoms with Crippen LogP contribution < -0.4 is 5.32 Å². The standard InChI is InChI=1S/C13H19N3O3/c1-13(2)9(10(13)12(18)19)11(17)15-5-4-8-14-6-7-16(8)3/h6-7,9-10H,4-5H2,1-3H3,(H,15,17)(H,18,19)/t9-,10+/m1/s1. The number of aryl methyl sites for hydroxylation is 1. The number of aromatic nitrogens is 2. The van der Waals surface area contributed by atoms with E-state index < -0.39 is 23.2 Å². The summed E-state index contributed by atoms with van der Waals surface area (Å²) in [7, 11) is 1.90. The minimum atomic E-state index is -0.894. The lowest BCUT2D eigenvalue weighted by atomic mass is 10.1. The van der Waals surface area contributed by atoms with E-state index in [-0.39, 0.29) is 5.91 Å². The lowest BCUT2D eigenvalue weighted by Gasteiger charge is -2.06. The van der Waals surface area contributed by atoms with Crippen LogP contribution in [0.15, 0.2) is 12.4 Å². The second-order valence-corrected chi connectivity index (χ2v) is 5.61. The summed E-state index contributed by atoms with van der Waals surface area (Å²) in [5.74, 6) is -1.17. The van der Waals surface area contributed by atoms with Gasteiger partial charge in [-0.1, -0.05) is 13.8 Å². The van der Waals surface area contributed by atoms with Crippen molar-refractivity contribution in [3.8, 4) is 0 Å². The van der Waals surface area contributed by atoms with E-state index >= 15 is 0 Å². The number of rotatable bonds is 5. The van der Waals surface area contributed by atoms with Gasteiger partial charge < -0.3 is 15.0 Å². The topological polar surface area (TPSA) is 84.2 Å². The first-order valence-electron chi connectivity index (χ1n) is 6.32. The summed E-state index contributed by atoms with van der Waals surface area (Å²) in [4.78, 5) is 27.1. The van der Waals surface area contributed by atoms with Crippen molar-refractivity contribution in [3.05, 3.63) is 18.2 Å². The molecule has 2 atom stereocenters. The zero-order valence-electron chi connectivity index (χ0n) is 11.4. The third kappa shape index (κ3) is 2.47. The summed E-state index contributed by atoms with van der Waals surface area (Å²) in [6.45, 7) is 4.10. The van der Waals surface area contributed by atoms with Gasteiger partial charge in [-0.05, 0) is 5.41 Å². The van der Waals surface area contributed by atoms with E-state index in [2.05, 4.69) is 10.3 Å². The second kappa shape index (κ2) is 4.68. The molecule has 0 aromatic carbocycles. The third-order valence-corrected chi connectivity index (χ3v) is 3.94. The van der Waals surface area contributed by atoms with Crippen molar-refractivity contribution in [3.63, 3.8) is 0 Å². The molecule has 1 amide bonds. The Labute approximate surface area is 111 Å². The first kappa shape index (κ1) is 13.6. The molecule has 0 aliphatic heterocycles. The van der Waals surface area contributed by atoms with Crippen molar-refractivity contribution in [2.75, 3.05) is 6.54 Å². The molecule has 104 valence electrons. The van der Waals surface area contributed by atoms with E-state index in [1.54, 1.807) is 6.20 Å². The molecule has 1 aliphatic carbocycles. The number of amides is 1. The molecule has 6 nitrogen and oxygen atoms in total. The van der Waals surface area contributed by atoms with Crippen molar-refractivity contribution in [1.82, 2.24) is 14.9 Å². The molecule has 0 spiro atoms. The number of carboxylic acid groups (broad SMARTS) is 1. The van der Waals surface area contributed by atoms with Gasteiger partial charge in [0.05, 0.1) is 11.8 Å². The Balaban J connectivity index is 1.83. The van der Waals surface area contributed by atoms with Crippen LogP contribution in [0.3, 0.4) is 0 Å². The van der Waals surface area contributed by atoms with E-state index in [0.29, 0.717) is 13.0 Å². The Morgan fingerprint density at radius 1 is 1.47 bits per heavy atom. The Bertz CT molecular complexity index is 507. The molecule has 0 saturated heterocycles. The number of hydrogen-bond acceptors (Lipinski definition) is 3. The van der Waals surface area contributed by atoms with E-state index in [9.17, 15) is 9.59 Å². The maximum Gasteiger partial charge on any atom is 0.307 e. The van der Waals surface area contributed by atoms with Gasteiger partial charge in [-0.2, -0.15) is 0 Å². The van der Waals surface area contributed by atoms with Crippen LogP contribution in [-0.4, -0.2) is 33.1 Å². The smallest absolute Gasteiger partial charge is 0.307 e. The molecule has 0 unspecified atom stereocenters. The highest BCUT2D eigenvalue weighted by atomic mass is 16.4. The summed E-state index contributed by atoms with van der Waals surface area (Å²) < 4.78 is 1.90. The molecule has 1 fully saturated rings. The Kier molecular flexibility index (Phi) is 3.34. The highest BCUT2D eigenvalue weighted by Crippen LogP contribution is 2.58. The number of carboxylic acids is 1. The maximum atomic E-state index is 11.9. The number of hydrogen-bond donors (Lipinski definition) is 2. The Morgan fingerprint density at radius 2 is 2.16 bits per heavy atom. The van der Waals surface area contributed by atoms with Crippen LogP contribution in [0, 0.1) is 17.3 Å². The fourth-order valence-corrected chi connectivity index (χ4v) is 2.63. The number of carbonyl (C=O) groups excluding carboxylic acids is 1. The fourth-order valence-electron chi connectivity index (χ4n) is 2.63. The normalized spacial score (nSPS) is 23.9. The highest BCUT2D eigenvalue weighted by molar-refractivity contribution is 5.91. The number of carbonyl (C=O) groups is 2. The number of aliphatic carboxylic acids is 1. The SMILES string of the molecule is Cn1ccnc1CCNC(=O)[C@H]1[C@@H](C(=O)O)C1(C)C. The number of nitrogens with one attached hydrogen (secondary N) is 1. The molecular formula is C13H19N3O3. The van der Waals surface area contributed by atoms with Crippen molar-refractivity contribution in [2.45, 2.75) is 20.3 Å². The van der Waals surface area contributed by atoms with Crippen LogP contribution in [-0.2, 0) is 23.1 Å². The summed E-state index contributed by atoms with van der Waals surface area (Å²) in [5.41, 5.74) is -0.445. The average molecular weight is 265 g/mol. The molecule has 1 saturated carbocycles. The minimum Gasteiger partial charge on any atom is -0.481 e. The molecule has 0 radical (unpaired) electrons. The van der Waals surface area contributed by atoms with Crippen LogP contribution >= 0.6 is 0 Å². The molecule has 2 rings (SSSR count). The minimum absolute atomic E-state index is 0.174. The summed E-state index contributed by atoms with van der Waals surface area (Å²) >= 11 is 0. The lowest BCUT2D eigenvalue weighted by Crippen LogP contribution is -2.29. The van der Waals surface area contributed by atoms with E-state index in [1.807, 2.05) is 31.7 Å². The zero-order valence-corrected chi connectivity index (χ0v) is 11.4. The van der Waals surface area contributed by atoms with Crippen molar-refractivity contribution < 1.29 is 14.7 Å². The number of nitrogens with zero attached hydrogens (tertiary/aromatic N) is 2. The number of imidazole rings is 1. The highest BCUT2D eigenvalue weighted by Gasteiger charge is 2.65. The van der Waals surface area contributed by atoms with Crippen LogP contribution in [0.5, 0.6) is 0 Å². The predicted octanol–water partition coefficient (Wildman–Crippen LogP) is 0.436. The monoisotopic (exact) mass is 265 g/mol. The first-order chi connectivity index (χ1) is 8.85. The molecule has 6 heteroatoms. The second-order valence-electron chi connectivity index (χ2n) is 5.61. The van der Waals surface area contributed by atoms with Gasteiger partial charge in [0.25, 0.3) is 0 Å². The molecule has 1 heterocycles. The molecule has 0 bridgehead atoms. The Hall–Kier alpha value is -1.85. The fraction of sp³-hybridized carbons (Fsp3) is 0.615. The van der Waals surface area contributed by atoms with Crippen LogP contribution in [0.25, 0.3) is 0 Å². The molecule has 2 N–H and O–H groups in total. The van der Waals surface area contributed by atoms with Crippen molar-refractivity contribution in [1.29, 1.82) is 0 Å². The zero-order chi connectivity index (χ0) is 14.2. The van der Waals surface area contributed by atoms with Gasteiger partial charge in [0, 0.05) is 32.4 Å². The molecular weight excluding hydrogens is 246 g/mol. The van der Waals surface area contributed by atoms with Gasteiger partial charge in [0.15, 0.2) is 0 Å². The van der Waals surface area contributed by atoms with E-state index in [0.717, 1.165) is 5.82 Å². The van der Waals surface area contributed by atoms with Gasteiger partial charge in [-0.3, -0.25) is 9.59 Å². The first-order valence-corrected chi connectivity index (χ1v) is 6.32. The van der Waals surface area contributed by atoms with Gasteiger partial charge >= 0.3 is 5.97 Å². The third-order valence-electron chi connectivity index (χ3n) is 3.94. The van der Waals surface area contributed by atoms with Crippen molar-refractivity contribution in [2.24, 2.45) is 24.3 Å². The summed E-state index contributed by atoms with van der Waals surface area (Å²) in [5, 5.41) is 11.8. The van der Waals surface area contributed by atoms with Crippen molar-refractivity contribution >= 4 is 11.9 Å². The Morgan fingerprint density at radius 3 is 2.63 bits per heavy atom. The van der Waals surface area contributed by atoms with Gasteiger partial charge in [0.2, 0.25) is 5.91 Å². The average Bonchev–Trinajstić information content (AvgIpc) is 2.66. The molecule has 19 heavy (non-hydrogen) atoms. The quantitative estimate of drug-likeness (QED) is 0.809. The molecule has 1 aliphatic rings.